The molecule has 0 spiro atoms. The first-order chi connectivity index (χ1) is 13.4. The number of fused-ring (bicyclic) bond motifs is 7. The standard InChI is InChI=1S/C24H33NO3/c1-22-9-7-17(26)12-15(22)5-6-18-19(22)8-10-23(2)20(18)13-21-24(23,28-21)16-4-3-11-25(27)14-16/h3-4,11,14-15,17-21,26H,5-10,12-13H2,1-2H3/t15-,17-,18+,19-,20-,21+,22-,23-,24+/m0/s1. The molecule has 28 heavy (non-hydrogen) atoms. The zero-order valence-corrected chi connectivity index (χ0v) is 17.1. The minimum absolute atomic E-state index is 0.0730. The number of hydrogen-bond acceptors (Lipinski definition) is 3. The highest BCUT2D eigenvalue weighted by Crippen LogP contribution is 2.76. The fourth-order valence-electron chi connectivity index (χ4n) is 8.85. The maximum absolute atomic E-state index is 12.0. The van der Waals surface area contributed by atoms with E-state index in [-0.39, 0.29) is 17.1 Å². The van der Waals surface area contributed by atoms with Crippen molar-refractivity contribution in [3.8, 4) is 0 Å². The van der Waals surface area contributed by atoms with Crippen molar-refractivity contribution in [1.29, 1.82) is 0 Å². The number of ether oxygens (including phenoxy) is 1. The predicted molar refractivity (Wildman–Crippen MR) is 105 cm³/mol. The van der Waals surface area contributed by atoms with Crippen LogP contribution >= 0.6 is 0 Å². The second-order valence-electron chi connectivity index (χ2n) is 11.1. The monoisotopic (exact) mass is 383 g/mol. The lowest BCUT2D eigenvalue weighted by Crippen LogP contribution is -2.55. The Morgan fingerprint density at radius 2 is 1.96 bits per heavy atom. The molecule has 9 atom stereocenters. The third kappa shape index (κ3) is 2.01. The fraction of sp³-hybridized carbons (Fsp3) is 0.792. The summed E-state index contributed by atoms with van der Waals surface area (Å²) in [6, 6.07) is 3.98. The van der Waals surface area contributed by atoms with Crippen LogP contribution in [0.15, 0.2) is 24.5 Å². The van der Waals surface area contributed by atoms with Gasteiger partial charge in [-0.15, -0.1) is 0 Å². The third-order valence-electron chi connectivity index (χ3n) is 10.3. The fourth-order valence-corrected chi connectivity index (χ4v) is 8.85. The van der Waals surface area contributed by atoms with Crippen molar-refractivity contribution in [3.63, 3.8) is 0 Å². The molecule has 6 rings (SSSR count). The molecule has 1 N–H and O–H groups in total. The average Bonchev–Trinajstić information content (AvgIpc) is 3.34. The van der Waals surface area contributed by atoms with Gasteiger partial charge in [-0.1, -0.05) is 13.8 Å². The van der Waals surface area contributed by atoms with Crippen LogP contribution in [0, 0.1) is 39.7 Å². The second kappa shape index (κ2) is 5.51. The predicted octanol–water partition coefficient (Wildman–Crippen LogP) is 3.93. The van der Waals surface area contributed by atoms with Crippen LogP contribution in [0.4, 0.5) is 0 Å². The summed E-state index contributed by atoms with van der Waals surface area (Å²) in [6.07, 6.45) is 13.0. The molecule has 4 saturated carbocycles. The summed E-state index contributed by atoms with van der Waals surface area (Å²) in [5.74, 6) is 2.99. The molecule has 5 fully saturated rings. The first kappa shape index (κ1) is 17.7. The van der Waals surface area contributed by atoms with E-state index in [0.717, 1.165) is 41.4 Å². The van der Waals surface area contributed by atoms with Crippen LogP contribution in [0.2, 0.25) is 0 Å². The Morgan fingerprint density at radius 1 is 1.11 bits per heavy atom. The van der Waals surface area contributed by atoms with Gasteiger partial charge >= 0.3 is 0 Å². The zero-order valence-electron chi connectivity index (χ0n) is 17.1. The van der Waals surface area contributed by atoms with Crippen molar-refractivity contribution in [2.45, 2.75) is 83.0 Å². The number of aliphatic hydroxyl groups is 1. The van der Waals surface area contributed by atoms with Crippen molar-refractivity contribution in [1.82, 2.24) is 0 Å². The van der Waals surface area contributed by atoms with E-state index in [4.69, 9.17) is 4.74 Å². The van der Waals surface area contributed by atoms with Gasteiger partial charge in [0.1, 0.15) is 5.60 Å². The van der Waals surface area contributed by atoms with E-state index in [1.54, 1.807) is 12.4 Å². The van der Waals surface area contributed by atoms with Crippen LogP contribution in [-0.2, 0) is 10.3 Å². The molecule has 1 aromatic rings. The SMILES string of the molecule is C[C@]12CC[C@H](O)C[C@@H]1CC[C@@H]1[C@@H]2CC[C@@]2(C)[C@H]1C[C@H]1O[C@]12c1ccc[n+]([O-])c1. The molecule has 4 heteroatoms. The summed E-state index contributed by atoms with van der Waals surface area (Å²) in [7, 11) is 0. The van der Waals surface area contributed by atoms with Crippen molar-refractivity contribution in [2.24, 2.45) is 34.5 Å². The number of aromatic nitrogens is 1. The lowest BCUT2D eigenvalue weighted by atomic mass is 9.44. The largest absolute Gasteiger partial charge is 0.619 e. The van der Waals surface area contributed by atoms with E-state index >= 15 is 0 Å². The molecule has 4 aliphatic carbocycles. The quantitative estimate of drug-likeness (QED) is 0.454. The van der Waals surface area contributed by atoms with Gasteiger partial charge in [0.25, 0.3) is 0 Å². The maximum Gasteiger partial charge on any atom is 0.186 e. The van der Waals surface area contributed by atoms with Crippen LogP contribution in [-0.4, -0.2) is 17.3 Å². The summed E-state index contributed by atoms with van der Waals surface area (Å²) in [5, 5.41) is 22.2. The van der Waals surface area contributed by atoms with E-state index in [2.05, 4.69) is 19.9 Å². The first-order valence-corrected chi connectivity index (χ1v) is 11.4. The number of nitrogens with zero attached hydrogens (tertiary/aromatic N) is 1. The molecule has 4 nitrogen and oxygen atoms in total. The van der Waals surface area contributed by atoms with Gasteiger partial charge in [-0.3, -0.25) is 0 Å². The van der Waals surface area contributed by atoms with Crippen LogP contribution in [0.3, 0.4) is 0 Å². The van der Waals surface area contributed by atoms with Crippen LogP contribution in [0.5, 0.6) is 0 Å². The van der Waals surface area contributed by atoms with Crippen molar-refractivity contribution in [3.05, 3.63) is 35.3 Å². The summed E-state index contributed by atoms with van der Waals surface area (Å²) < 4.78 is 7.33. The smallest absolute Gasteiger partial charge is 0.186 e. The van der Waals surface area contributed by atoms with E-state index < -0.39 is 0 Å². The number of rotatable bonds is 1. The van der Waals surface area contributed by atoms with Gasteiger partial charge in [0.05, 0.1) is 17.8 Å². The highest BCUT2D eigenvalue weighted by molar-refractivity contribution is 5.35. The number of aliphatic hydroxyl groups excluding tert-OH is 1. The minimum Gasteiger partial charge on any atom is -0.619 e. The Bertz CT molecular complexity index is 813. The van der Waals surface area contributed by atoms with Gasteiger partial charge < -0.3 is 15.1 Å². The highest BCUT2D eigenvalue weighted by Gasteiger charge is 2.78. The Balaban J connectivity index is 1.34. The average molecular weight is 384 g/mol. The minimum atomic E-state index is -0.226. The molecule has 1 aliphatic heterocycles. The molecular weight excluding hydrogens is 350 g/mol. The Morgan fingerprint density at radius 3 is 2.79 bits per heavy atom. The summed E-state index contributed by atoms with van der Waals surface area (Å²) >= 11 is 0. The highest BCUT2D eigenvalue weighted by atomic mass is 16.6. The molecule has 152 valence electrons. The van der Waals surface area contributed by atoms with Gasteiger partial charge in [-0.05, 0) is 86.5 Å². The van der Waals surface area contributed by atoms with E-state index in [0.29, 0.717) is 23.4 Å². The molecule has 0 unspecified atom stereocenters. The molecular formula is C24H33NO3. The van der Waals surface area contributed by atoms with E-state index in [9.17, 15) is 10.3 Å². The van der Waals surface area contributed by atoms with Crippen LogP contribution in [0.25, 0.3) is 0 Å². The van der Waals surface area contributed by atoms with Crippen molar-refractivity contribution >= 4 is 0 Å². The van der Waals surface area contributed by atoms with Crippen molar-refractivity contribution in [2.75, 3.05) is 0 Å². The second-order valence-corrected chi connectivity index (χ2v) is 11.1. The van der Waals surface area contributed by atoms with Gasteiger partial charge in [0.2, 0.25) is 0 Å². The number of epoxide rings is 1. The van der Waals surface area contributed by atoms with Gasteiger partial charge in [0, 0.05) is 11.5 Å². The van der Waals surface area contributed by atoms with Crippen LogP contribution in [0.1, 0.15) is 70.8 Å². The summed E-state index contributed by atoms with van der Waals surface area (Å²) in [6.45, 7) is 5.00. The molecule has 5 aliphatic rings. The van der Waals surface area contributed by atoms with Gasteiger partial charge in [-0.25, -0.2) is 0 Å². The Labute approximate surface area is 167 Å². The Kier molecular flexibility index (Phi) is 3.49. The third-order valence-corrected chi connectivity index (χ3v) is 10.3. The molecule has 0 amide bonds. The molecule has 1 saturated heterocycles. The zero-order chi connectivity index (χ0) is 19.3. The first-order valence-electron chi connectivity index (χ1n) is 11.4. The lowest BCUT2D eigenvalue weighted by Gasteiger charge is -2.61. The summed E-state index contributed by atoms with van der Waals surface area (Å²) in [5.41, 5.74) is 1.43. The number of pyridine rings is 1. The lowest BCUT2D eigenvalue weighted by molar-refractivity contribution is -0.606. The Hall–Kier alpha value is -1.13. The van der Waals surface area contributed by atoms with E-state index in [1.165, 1.54) is 32.1 Å². The molecule has 1 aromatic heterocycles. The van der Waals surface area contributed by atoms with Gasteiger partial charge in [0.15, 0.2) is 12.4 Å². The molecule has 0 bridgehead atoms. The summed E-state index contributed by atoms with van der Waals surface area (Å²) in [4.78, 5) is 0. The topological polar surface area (TPSA) is 59.7 Å². The maximum atomic E-state index is 12.0. The molecule has 2 heterocycles. The van der Waals surface area contributed by atoms with E-state index in [1.807, 2.05) is 6.07 Å². The van der Waals surface area contributed by atoms with Gasteiger partial charge in [-0.2, -0.15) is 4.73 Å². The molecule has 0 aromatic carbocycles. The van der Waals surface area contributed by atoms with Crippen molar-refractivity contribution < 1.29 is 14.6 Å². The number of hydrogen-bond donors (Lipinski definition) is 1. The molecule has 0 radical (unpaired) electrons. The normalized spacial score (nSPS) is 54.2. The van der Waals surface area contributed by atoms with Crippen LogP contribution < -0.4 is 4.73 Å².